The van der Waals surface area contributed by atoms with Crippen molar-refractivity contribution in [3.63, 3.8) is 0 Å². The third-order valence-corrected chi connectivity index (χ3v) is 2.50. The van der Waals surface area contributed by atoms with E-state index < -0.39 is 0 Å². The van der Waals surface area contributed by atoms with Gasteiger partial charge in [-0.15, -0.1) is 0 Å². The van der Waals surface area contributed by atoms with Crippen molar-refractivity contribution in [3.05, 3.63) is 53.3 Å². The van der Waals surface area contributed by atoms with E-state index in [1.54, 1.807) is 24.0 Å². The van der Waals surface area contributed by atoms with Gasteiger partial charge in [-0.3, -0.25) is 9.48 Å². The van der Waals surface area contributed by atoms with Crippen molar-refractivity contribution in [1.82, 2.24) is 9.78 Å². The first-order valence-corrected chi connectivity index (χ1v) is 6.24. The van der Waals surface area contributed by atoms with Crippen molar-refractivity contribution in [2.45, 2.75) is 34.2 Å². The van der Waals surface area contributed by atoms with Crippen LogP contribution in [0.25, 0.3) is 0 Å². The number of Topliss-reactive ketones (excluding diaryl/α,β-unsaturated/α-hetero) is 1. The van der Waals surface area contributed by atoms with Crippen LogP contribution in [0, 0.1) is 6.92 Å². The van der Waals surface area contributed by atoms with Gasteiger partial charge in [-0.2, -0.15) is 5.10 Å². The van der Waals surface area contributed by atoms with Gasteiger partial charge in [0.2, 0.25) is 0 Å². The molecule has 2 rings (SSSR count). The van der Waals surface area contributed by atoms with Gasteiger partial charge in [0.15, 0.2) is 5.78 Å². The summed E-state index contributed by atoms with van der Waals surface area (Å²) < 4.78 is 1.78. The number of aryl methyl sites for hydroxylation is 1. The molecule has 96 valence electrons. The van der Waals surface area contributed by atoms with Crippen LogP contribution in [0.3, 0.4) is 0 Å². The van der Waals surface area contributed by atoms with E-state index >= 15 is 0 Å². The number of rotatable bonds is 3. The van der Waals surface area contributed by atoms with Crippen LogP contribution in [0.4, 0.5) is 0 Å². The van der Waals surface area contributed by atoms with Crippen molar-refractivity contribution in [2.75, 3.05) is 0 Å². The summed E-state index contributed by atoms with van der Waals surface area (Å²) in [5.74, 6) is 0.0511. The van der Waals surface area contributed by atoms with E-state index in [9.17, 15) is 4.79 Å². The second kappa shape index (κ2) is 6.74. The SMILES string of the molecule is CC.CC(=O)c1cnn(Cc2ccc(C)cc2)c1. The molecule has 0 amide bonds. The highest BCUT2D eigenvalue weighted by Crippen LogP contribution is 2.06. The number of nitrogens with zero attached hydrogens (tertiary/aromatic N) is 2. The van der Waals surface area contributed by atoms with Gasteiger partial charge >= 0.3 is 0 Å². The van der Waals surface area contributed by atoms with Crippen LogP contribution in [-0.2, 0) is 6.54 Å². The fraction of sp³-hybridized carbons (Fsp3) is 0.333. The summed E-state index contributed by atoms with van der Waals surface area (Å²) in [5, 5.41) is 4.15. The van der Waals surface area contributed by atoms with Crippen molar-refractivity contribution < 1.29 is 4.79 Å². The molecule has 0 atom stereocenters. The Morgan fingerprint density at radius 2 is 1.83 bits per heavy atom. The molecule has 0 aliphatic rings. The van der Waals surface area contributed by atoms with E-state index in [0.29, 0.717) is 12.1 Å². The maximum absolute atomic E-state index is 11.1. The van der Waals surface area contributed by atoms with Crippen LogP contribution in [0.15, 0.2) is 36.7 Å². The molecule has 1 heterocycles. The number of aromatic nitrogens is 2. The average Bonchev–Trinajstić information content (AvgIpc) is 2.83. The number of ketones is 1. The molecule has 1 aromatic carbocycles. The third kappa shape index (κ3) is 3.84. The summed E-state index contributed by atoms with van der Waals surface area (Å²) in [6.45, 7) is 8.31. The molecule has 1 aromatic heterocycles. The molecule has 0 aliphatic carbocycles. The molecule has 0 N–H and O–H groups in total. The fourth-order valence-electron chi connectivity index (χ4n) is 1.51. The van der Waals surface area contributed by atoms with E-state index in [-0.39, 0.29) is 5.78 Å². The molecule has 18 heavy (non-hydrogen) atoms. The van der Waals surface area contributed by atoms with Gasteiger partial charge in [-0.1, -0.05) is 43.7 Å². The van der Waals surface area contributed by atoms with Crippen molar-refractivity contribution in [3.8, 4) is 0 Å². The zero-order valence-corrected chi connectivity index (χ0v) is 11.5. The first-order chi connectivity index (χ1) is 8.65. The summed E-state index contributed by atoms with van der Waals surface area (Å²) >= 11 is 0. The predicted octanol–water partition coefficient (Wildman–Crippen LogP) is 3.47. The molecule has 3 heteroatoms. The van der Waals surface area contributed by atoms with Crippen LogP contribution < -0.4 is 0 Å². The number of carbonyl (C=O) groups is 1. The largest absolute Gasteiger partial charge is 0.294 e. The van der Waals surface area contributed by atoms with Gasteiger partial charge < -0.3 is 0 Å². The molecule has 0 saturated carbocycles. The molecule has 0 radical (unpaired) electrons. The van der Waals surface area contributed by atoms with Crippen LogP contribution in [0.1, 0.15) is 42.3 Å². The lowest BCUT2D eigenvalue weighted by molar-refractivity contribution is 0.101. The van der Waals surface area contributed by atoms with Crippen LogP contribution in [0.5, 0.6) is 0 Å². The van der Waals surface area contributed by atoms with Crippen LogP contribution >= 0.6 is 0 Å². The first kappa shape index (κ1) is 14.2. The van der Waals surface area contributed by atoms with Gasteiger partial charge in [0, 0.05) is 6.20 Å². The smallest absolute Gasteiger partial charge is 0.162 e. The molecule has 2 aromatic rings. The Kier molecular flexibility index (Phi) is 5.31. The minimum atomic E-state index is 0.0511. The normalized spacial score (nSPS) is 9.56. The van der Waals surface area contributed by atoms with Crippen molar-refractivity contribution >= 4 is 5.78 Å². The van der Waals surface area contributed by atoms with Gasteiger partial charge in [0.05, 0.1) is 18.3 Å². The average molecular weight is 244 g/mol. The molecule has 3 nitrogen and oxygen atoms in total. The Hall–Kier alpha value is -1.90. The monoisotopic (exact) mass is 244 g/mol. The molecule has 0 saturated heterocycles. The Labute approximate surface area is 108 Å². The molecule has 0 aliphatic heterocycles. The molecular weight excluding hydrogens is 224 g/mol. The van der Waals surface area contributed by atoms with E-state index in [1.165, 1.54) is 11.1 Å². The Balaban J connectivity index is 0.000000771. The second-order valence-electron chi connectivity index (χ2n) is 3.97. The quantitative estimate of drug-likeness (QED) is 0.775. The van der Waals surface area contributed by atoms with Crippen LogP contribution in [0.2, 0.25) is 0 Å². The summed E-state index contributed by atoms with van der Waals surface area (Å²) in [6, 6.07) is 8.30. The molecule has 0 bridgehead atoms. The van der Waals surface area contributed by atoms with Gasteiger partial charge in [-0.25, -0.2) is 0 Å². The lowest BCUT2D eigenvalue weighted by Crippen LogP contribution is -1.99. The lowest BCUT2D eigenvalue weighted by atomic mass is 10.1. The molecule has 0 fully saturated rings. The standard InChI is InChI=1S/C13H14N2O.C2H6/c1-10-3-5-12(6-4-10)8-15-9-13(7-14-15)11(2)16;1-2/h3-7,9H,8H2,1-2H3;1-2H3. The zero-order chi connectivity index (χ0) is 13.5. The molecule has 0 spiro atoms. The third-order valence-electron chi connectivity index (χ3n) is 2.50. The first-order valence-electron chi connectivity index (χ1n) is 6.24. The predicted molar refractivity (Wildman–Crippen MR) is 73.9 cm³/mol. The van der Waals surface area contributed by atoms with E-state index in [0.717, 1.165) is 0 Å². The number of carbonyl (C=O) groups excluding carboxylic acids is 1. The van der Waals surface area contributed by atoms with E-state index in [1.807, 2.05) is 13.8 Å². The summed E-state index contributed by atoms with van der Waals surface area (Å²) in [6.07, 6.45) is 3.39. The van der Waals surface area contributed by atoms with Crippen molar-refractivity contribution in [1.29, 1.82) is 0 Å². The number of hydrogen-bond acceptors (Lipinski definition) is 2. The highest BCUT2D eigenvalue weighted by molar-refractivity contribution is 5.93. The van der Waals surface area contributed by atoms with E-state index in [4.69, 9.17) is 0 Å². The fourth-order valence-corrected chi connectivity index (χ4v) is 1.51. The molecular formula is C15H20N2O. The summed E-state index contributed by atoms with van der Waals surface area (Å²) in [5.41, 5.74) is 3.09. The molecule has 0 unspecified atom stereocenters. The lowest BCUT2D eigenvalue weighted by Gasteiger charge is -2.01. The zero-order valence-electron chi connectivity index (χ0n) is 11.5. The number of hydrogen-bond donors (Lipinski definition) is 0. The van der Waals surface area contributed by atoms with Crippen LogP contribution in [-0.4, -0.2) is 15.6 Å². The van der Waals surface area contributed by atoms with Gasteiger partial charge in [0.25, 0.3) is 0 Å². The number of benzene rings is 1. The maximum Gasteiger partial charge on any atom is 0.162 e. The summed E-state index contributed by atoms with van der Waals surface area (Å²) in [4.78, 5) is 11.1. The Morgan fingerprint density at radius 3 is 2.33 bits per heavy atom. The Morgan fingerprint density at radius 1 is 1.22 bits per heavy atom. The minimum Gasteiger partial charge on any atom is -0.294 e. The van der Waals surface area contributed by atoms with Crippen molar-refractivity contribution in [2.24, 2.45) is 0 Å². The van der Waals surface area contributed by atoms with Gasteiger partial charge in [0.1, 0.15) is 0 Å². The Bertz CT molecular complexity index is 497. The highest BCUT2D eigenvalue weighted by Gasteiger charge is 2.03. The summed E-state index contributed by atoms with van der Waals surface area (Å²) in [7, 11) is 0. The maximum atomic E-state index is 11.1. The minimum absolute atomic E-state index is 0.0511. The van der Waals surface area contributed by atoms with E-state index in [2.05, 4.69) is 36.3 Å². The van der Waals surface area contributed by atoms with Gasteiger partial charge in [-0.05, 0) is 19.4 Å². The topological polar surface area (TPSA) is 34.9 Å². The highest BCUT2D eigenvalue weighted by atomic mass is 16.1. The second-order valence-corrected chi connectivity index (χ2v) is 3.97.